The second-order valence-corrected chi connectivity index (χ2v) is 8.33. The van der Waals surface area contributed by atoms with Gasteiger partial charge in [-0.15, -0.1) is 0 Å². The molecule has 29 heavy (non-hydrogen) atoms. The van der Waals surface area contributed by atoms with Crippen LogP contribution in [-0.4, -0.2) is 5.91 Å². The number of benzene rings is 3. The molecule has 0 radical (unpaired) electrons. The molecule has 0 fully saturated rings. The van der Waals surface area contributed by atoms with Gasteiger partial charge in [0.05, 0.1) is 11.3 Å². The fourth-order valence-corrected chi connectivity index (χ4v) is 3.51. The Hall–Kier alpha value is -3.53. The van der Waals surface area contributed by atoms with Gasteiger partial charge in [-0.1, -0.05) is 63.2 Å². The zero-order valence-electron chi connectivity index (χ0n) is 16.9. The SMILES string of the molecule is CC(C)(C)c1ccc(N/C(=C2\C(=O)Nc3ccc(N)cc32)c2ccccc2)cc1. The van der Waals surface area contributed by atoms with Crippen LogP contribution in [0, 0.1) is 0 Å². The van der Waals surface area contributed by atoms with Crippen LogP contribution in [0.4, 0.5) is 17.1 Å². The first-order valence-electron chi connectivity index (χ1n) is 9.71. The van der Waals surface area contributed by atoms with E-state index in [1.165, 1.54) is 5.56 Å². The first-order valence-corrected chi connectivity index (χ1v) is 9.71. The summed E-state index contributed by atoms with van der Waals surface area (Å²) in [7, 11) is 0. The van der Waals surface area contributed by atoms with Gasteiger partial charge >= 0.3 is 0 Å². The number of amides is 1. The average molecular weight is 383 g/mol. The molecule has 3 aromatic carbocycles. The maximum atomic E-state index is 12.9. The van der Waals surface area contributed by atoms with E-state index in [4.69, 9.17) is 5.73 Å². The summed E-state index contributed by atoms with van der Waals surface area (Å²) < 4.78 is 0. The largest absolute Gasteiger partial charge is 0.399 e. The van der Waals surface area contributed by atoms with Crippen LogP contribution in [0.25, 0.3) is 11.3 Å². The lowest BCUT2D eigenvalue weighted by Crippen LogP contribution is -2.12. The van der Waals surface area contributed by atoms with Gasteiger partial charge in [0.15, 0.2) is 0 Å². The van der Waals surface area contributed by atoms with Gasteiger partial charge in [0.25, 0.3) is 5.91 Å². The predicted molar refractivity (Wildman–Crippen MR) is 122 cm³/mol. The molecule has 1 amide bonds. The van der Waals surface area contributed by atoms with Crippen LogP contribution in [0.5, 0.6) is 0 Å². The monoisotopic (exact) mass is 383 g/mol. The van der Waals surface area contributed by atoms with Gasteiger partial charge in [-0.25, -0.2) is 0 Å². The van der Waals surface area contributed by atoms with Crippen LogP contribution >= 0.6 is 0 Å². The first kappa shape index (κ1) is 18.8. The van der Waals surface area contributed by atoms with Crippen molar-refractivity contribution in [3.63, 3.8) is 0 Å². The Balaban J connectivity index is 1.84. The number of carbonyl (C=O) groups is 1. The first-order chi connectivity index (χ1) is 13.8. The Labute approximate surface area is 171 Å². The van der Waals surface area contributed by atoms with Crippen LogP contribution in [0.15, 0.2) is 72.8 Å². The van der Waals surface area contributed by atoms with E-state index in [-0.39, 0.29) is 11.3 Å². The van der Waals surface area contributed by atoms with Crippen molar-refractivity contribution in [3.05, 3.63) is 89.5 Å². The summed E-state index contributed by atoms with van der Waals surface area (Å²) in [6.45, 7) is 6.57. The van der Waals surface area contributed by atoms with Gasteiger partial charge in [0.2, 0.25) is 0 Å². The van der Waals surface area contributed by atoms with Gasteiger partial charge < -0.3 is 16.4 Å². The van der Waals surface area contributed by atoms with E-state index in [0.29, 0.717) is 11.3 Å². The third-order valence-corrected chi connectivity index (χ3v) is 5.12. The van der Waals surface area contributed by atoms with Crippen molar-refractivity contribution >= 4 is 34.2 Å². The predicted octanol–water partition coefficient (Wildman–Crippen LogP) is 5.50. The normalized spacial score (nSPS) is 14.9. The summed E-state index contributed by atoms with van der Waals surface area (Å²) in [6, 6.07) is 23.7. The summed E-state index contributed by atoms with van der Waals surface area (Å²) in [5.41, 5.74) is 12.8. The number of hydrogen-bond donors (Lipinski definition) is 3. The van der Waals surface area contributed by atoms with E-state index >= 15 is 0 Å². The number of fused-ring (bicyclic) bond motifs is 1. The summed E-state index contributed by atoms with van der Waals surface area (Å²) in [5.74, 6) is -0.136. The molecule has 0 saturated carbocycles. The van der Waals surface area contributed by atoms with Crippen LogP contribution in [0.2, 0.25) is 0 Å². The minimum Gasteiger partial charge on any atom is -0.399 e. The van der Waals surface area contributed by atoms with E-state index in [1.54, 1.807) is 6.07 Å². The van der Waals surface area contributed by atoms with Gasteiger partial charge in [0, 0.05) is 22.6 Å². The van der Waals surface area contributed by atoms with Gasteiger partial charge in [0.1, 0.15) is 0 Å². The highest BCUT2D eigenvalue weighted by molar-refractivity contribution is 6.37. The molecule has 0 spiro atoms. The van der Waals surface area contributed by atoms with Crippen molar-refractivity contribution in [2.45, 2.75) is 26.2 Å². The highest BCUT2D eigenvalue weighted by Crippen LogP contribution is 2.38. The van der Waals surface area contributed by atoms with E-state index in [2.05, 4.69) is 55.7 Å². The number of anilines is 3. The van der Waals surface area contributed by atoms with Gasteiger partial charge in [-0.3, -0.25) is 4.79 Å². The third kappa shape index (κ3) is 3.74. The molecular weight excluding hydrogens is 358 g/mol. The van der Waals surface area contributed by atoms with Crippen LogP contribution < -0.4 is 16.4 Å². The fourth-order valence-electron chi connectivity index (χ4n) is 3.51. The van der Waals surface area contributed by atoms with Crippen LogP contribution in [0.3, 0.4) is 0 Å². The highest BCUT2D eigenvalue weighted by Gasteiger charge is 2.28. The number of hydrogen-bond acceptors (Lipinski definition) is 3. The molecule has 0 atom stereocenters. The maximum Gasteiger partial charge on any atom is 0.258 e. The van der Waals surface area contributed by atoms with Crippen LogP contribution in [-0.2, 0) is 10.2 Å². The molecule has 0 aromatic heterocycles. The van der Waals surface area contributed by atoms with E-state index in [1.807, 2.05) is 42.5 Å². The molecule has 3 aromatic rings. The molecule has 4 rings (SSSR count). The lowest BCUT2D eigenvalue weighted by molar-refractivity contribution is -0.110. The Morgan fingerprint density at radius 2 is 1.62 bits per heavy atom. The molecule has 0 bridgehead atoms. The van der Waals surface area contributed by atoms with E-state index < -0.39 is 0 Å². The van der Waals surface area contributed by atoms with Crippen molar-refractivity contribution in [3.8, 4) is 0 Å². The Morgan fingerprint density at radius 3 is 2.28 bits per heavy atom. The Bertz CT molecular complexity index is 1090. The molecule has 146 valence electrons. The molecule has 1 heterocycles. The smallest absolute Gasteiger partial charge is 0.258 e. The van der Waals surface area contributed by atoms with Crippen molar-refractivity contribution in [2.75, 3.05) is 16.4 Å². The summed E-state index contributed by atoms with van der Waals surface area (Å²) in [4.78, 5) is 12.9. The maximum absolute atomic E-state index is 12.9. The summed E-state index contributed by atoms with van der Waals surface area (Å²) in [5, 5.41) is 6.43. The zero-order chi connectivity index (χ0) is 20.6. The lowest BCUT2D eigenvalue weighted by Gasteiger charge is -2.20. The third-order valence-electron chi connectivity index (χ3n) is 5.12. The minimum absolute atomic E-state index is 0.0844. The van der Waals surface area contributed by atoms with Crippen molar-refractivity contribution in [1.29, 1.82) is 0 Å². The topological polar surface area (TPSA) is 67.2 Å². The standard InChI is InChI=1S/C25H25N3O/c1-25(2,3)17-9-12-19(13-10-17)27-23(16-7-5-4-6-8-16)22-20-15-18(26)11-14-21(20)28-24(22)29/h4-15,27H,26H2,1-3H3,(H,28,29)/b23-22-. The zero-order valence-corrected chi connectivity index (χ0v) is 16.9. The quantitative estimate of drug-likeness (QED) is 0.413. The summed E-state index contributed by atoms with van der Waals surface area (Å²) >= 11 is 0. The summed E-state index contributed by atoms with van der Waals surface area (Å²) in [6.07, 6.45) is 0. The molecule has 0 unspecified atom stereocenters. The molecule has 1 aliphatic heterocycles. The fraction of sp³-hybridized carbons (Fsp3) is 0.160. The van der Waals surface area contributed by atoms with Crippen molar-refractivity contribution in [2.24, 2.45) is 0 Å². The van der Waals surface area contributed by atoms with E-state index in [9.17, 15) is 4.79 Å². The lowest BCUT2D eigenvalue weighted by atomic mass is 9.87. The number of rotatable bonds is 3. The molecule has 4 N–H and O–H groups in total. The molecule has 0 aliphatic carbocycles. The molecular formula is C25H25N3O. The number of nitrogens with one attached hydrogen (secondary N) is 2. The molecule has 0 saturated heterocycles. The average Bonchev–Trinajstić information content (AvgIpc) is 3.01. The Kier molecular flexibility index (Phi) is 4.63. The molecule has 1 aliphatic rings. The number of carbonyl (C=O) groups excluding carboxylic acids is 1. The minimum atomic E-state index is -0.136. The highest BCUT2D eigenvalue weighted by atomic mass is 16.2. The second kappa shape index (κ2) is 7.13. The van der Waals surface area contributed by atoms with Crippen molar-refractivity contribution in [1.82, 2.24) is 0 Å². The second-order valence-electron chi connectivity index (χ2n) is 8.33. The number of nitrogens with two attached hydrogens (primary N) is 1. The van der Waals surface area contributed by atoms with E-state index in [0.717, 1.165) is 28.2 Å². The van der Waals surface area contributed by atoms with Gasteiger partial charge in [-0.2, -0.15) is 0 Å². The molecule has 4 nitrogen and oxygen atoms in total. The van der Waals surface area contributed by atoms with Crippen molar-refractivity contribution < 1.29 is 4.79 Å². The number of nitrogen functional groups attached to an aromatic ring is 1. The van der Waals surface area contributed by atoms with Crippen LogP contribution in [0.1, 0.15) is 37.5 Å². The Morgan fingerprint density at radius 1 is 0.931 bits per heavy atom. The van der Waals surface area contributed by atoms with Gasteiger partial charge in [-0.05, 0) is 46.9 Å². The molecule has 4 heteroatoms.